The molecule has 0 aromatic carbocycles. The smallest absolute Gasteiger partial charge is 0.249 e. The molecule has 0 aromatic heterocycles. The van der Waals surface area contributed by atoms with Gasteiger partial charge in [-0.3, -0.25) is 4.79 Å². The number of aliphatic hydroxyl groups excluding tert-OH is 4. The molecular weight excluding hydrogens is 574 g/mol. The van der Waals surface area contributed by atoms with Gasteiger partial charge in [-0.1, -0.05) is 187 Å². The zero-order valence-corrected chi connectivity index (χ0v) is 30.6. The number of aliphatic hydroxyl groups is 4. The third-order valence-electron chi connectivity index (χ3n) is 9.46. The van der Waals surface area contributed by atoms with E-state index in [0.29, 0.717) is 19.3 Å². The molecule has 0 rings (SSSR count). The topological polar surface area (TPSA) is 110 Å². The van der Waals surface area contributed by atoms with Crippen LogP contribution < -0.4 is 5.32 Å². The predicted octanol–water partition coefficient (Wildman–Crippen LogP) is 9.85. The highest BCUT2D eigenvalue weighted by atomic mass is 16.3. The van der Waals surface area contributed by atoms with Gasteiger partial charge in [-0.25, -0.2) is 0 Å². The van der Waals surface area contributed by atoms with Gasteiger partial charge in [0.15, 0.2) is 0 Å². The number of amides is 1. The van der Waals surface area contributed by atoms with Crippen molar-refractivity contribution in [3.05, 3.63) is 12.2 Å². The lowest BCUT2D eigenvalue weighted by atomic mass is 10.00. The summed E-state index contributed by atoms with van der Waals surface area (Å²) < 4.78 is 0. The quantitative estimate of drug-likeness (QED) is 0.0342. The van der Waals surface area contributed by atoms with Gasteiger partial charge < -0.3 is 25.7 Å². The molecule has 46 heavy (non-hydrogen) atoms. The highest BCUT2D eigenvalue weighted by molar-refractivity contribution is 5.80. The van der Waals surface area contributed by atoms with Crippen LogP contribution in [-0.4, -0.2) is 57.3 Å². The van der Waals surface area contributed by atoms with Crippen LogP contribution >= 0.6 is 0 Å². The molecule has 0 bridgehead atoms. The third-order valence-corrected chi connectivity index (χ3v) is 9.46. The average molecular weight is 654 g/mol. The maximum absolute atomic E-state index is 12.4. The highest BCUT2D eigenvalue weighted by Gasteiger charge is 2.28. The first-order chi connectivity index (χ1) is 22.5. The summed E-state index contributed by atoms with van der Waals surface area (Å²) in [6.45, 7) is 3.91. The summed E-state index contributed by atoms with van der Waals surface area (Å²) >= 11 is 0. The largest absolute Gasteiger partial charge is 0.394 e. The number of carbonyl (C=O) groups is 1. The van der Waals surface area contributed by atoms with E-state index < -0.39 is 36.9 Å². The lowest BCUT2D eigenvalue weighted by molar-refractivity contribution is -0.132. The fourth-order valence-electron chi connectivity index (χ4n) is 6.24. The van der Waals surface area contributed by atoms with Crippen molar-refractivity contribution in [2.45, 2.75) is 231 Å². The monoisotopic (exact) mass is 654 g/mol. The molecule has 0 spiro atoms. The van der Waals surface area contributed by atoms with Crippen molar-refractivity contribution in [3.63, 3.8) is 0 Å². The molecule has 0 saturated carbocycles. The molecule has 0 aliphatic carbocycles. The van der Waals surface area contributed by atoms with Crippen molar-refractivity contribution in [2.24, 2.45) is 0 Å². The SMILES string of the molecule is CCC/C=C/CCCC(O)C(O)C(CO)NC(=O)C(O)CCCCCCCCCCCCCCCCCCCCCCCCCC. The average Bonchev–Trinajstić information content (AvgIpc) is 3.06. The number of nitrogens with one attached hydrogen (secondary N) is 1. The van der Waals surface area contributed by atoms with Gasteiger partial charge in [0.25, 0.3) is 0 Å². The van der Waals surface area contributed by atoms with Gasteiger partial charge in [-0.05, 0) is 32.1 Å². The van der Waals surface area contributed by atoms with Gasteiger partial charge in [-0.2, -0.15) is 0 Å². The summed E-state index contributed by atoms with van der Waals surface area (Å²) in [7, 11) is 0. The van der Waals surface area contributed by atoms with Gasteiger partial charge >= 0.3 is 0 Å². The van der Waals surface area contributed by atoms with Crippen molar-refractivity contribution in [3.8, 4) is 0 Å². The molecule has 0 radical (unpaired) electrons. The highest BCUT2D eigenvalue weighted by Crippen LogP contribution is 2.16. The van der Waals surface area contributed by atoms with E-state index in [2.05, 4.69) is 31.3 Å². The Morgan fingerprint density at radius 1 is 0.522 bits per heavy atom. The number of unbranched alkanes of at least 4 members (excludes halogenated alkanes) is 25. The molecule has 0 aromatic rings. The molecule has 0 saturated heterocycles. The summed E-state index contributed by atoms with van der Waals surface area (Å²) in [5, 5.41) is 43.1. The summed E-state index contributed by atoms with van der Waals surface area (Å²) in [4.78, 5) is 12.4. The number of hydrogen-bond donors (Lipinski definition) is 5. The fraction of sp³-hybridized carbons (Fsp3) is 0.925. The van der Waals surface area contributed by atoms with Crippen molar-refractivity contribution >= 4 is 5.91 Å². The van der Waals surface area contributed by atoms with Gasteiger partial charge in [0.05, 0.1) is 18.8 Å². The lowest BCUT2D eigenvalue weighted by Crippen LogP contribution is -2.53. The second kappa shape index (κ2) is 35.4. The van der Waals surface area contributed by atoms with E-state index in [4.69, 9.17) is 0 Å². The standard InChI is InChI=1S/C40H79NO5/c1-3-5-7-9-11-12-13-14-15-16-17-18-19-20-21-22-23-24-25-26-27-28-30-32-34-38(44)40(46)41-36(35-42)39(45)37(43)33-31-29-10-8-6-4-2/h8,10,36-39,42-45H,3-7,9,11-35H2,1-2H3,(H,41,46)/b10-8+. The second-order valence-corrected chi connectivity index (χ2v) is 14.0. The molecule has 4 unspecified atom stereocenters. The van der Waals surface area contributed by atoms with Crippen molar-refractivity contribution in [1.82, 2.24) is 5.32 Å². The first-order valence-corrected chi connectivity index (χ1v) is 20.1. The van der Waals surface area contributed by atoms with Crippen LogP contribution in [0.1, 0.15) is 206 Å². The Morgan fingerprint density at radius 3 is 1.30 bits per heavy atom. The van der Waals surface area contributed by atoms with E-state index in [1.807, 2.05) is 0 Å². The number of carbonyl (C=O) groups excluding carboxylic acids is 1. The minimum Gasteiger partial charge on any atom is -0.394 e. The van der Waals surface area contributed by atoms with Crippen LogP contribution in [-0.2, 0) is 4.79 Å². The zero-order chi connectivity index (χ0) is 33.9. The molecule has 4 atom stereocenters. The van der Waals surface area contributed by atoms with Crippen LogP contribution in [0.15, 0.2) is 12.2 Å². The molecule has 0 fully saturated rings. The first-order valence-electron chi connectivity index (χ1n) is 20.1. The Hall–Kier alpha value is -0.950. The second-order valence-electron chi connectivity index (χ2n) is 14.0. The van der Waals surface area contributed by atoms with Gasteiger partial charge in [-0.15, -0.1) is 0 Å². The van der Waals surface area contributed by atoms with E-state index in [-0.39, 0.29) is 0 Å². The normalized spacial score (nSPS) is 14.5. The molecule has 6 nitrogen and oxygen atoms in total. The molecule has 0 aliphatic heterocycles. The fourth-order valence-corrected chi connectivity index (χ4v) is 6.24. The van der Waals surface area contributed by atoms with Crippen molar-refractivity contribution in [2.75, 3.05) is 6.61 Å². The summed E-state index contributed by atoms with van der Waals surface area (Å²) in [6.07, 6.45) is 37.2. The minimum atomic E-state index is -1.27. The number of hydrogen-bond acceptors (Lipinski definition) is 5. The molecule has 1 amide bonds. The van der Waals surface area contributed by atoms with E-state index in [9.17, 15) is 25.2 Å². The van der Waals surface area contributed by atoms with Crippen LogP contribution in [0.5, 0.6) is 0 Å². The van der Waals surface area contributed by atoms with Crippen molar-refractivity contribution < 1.29 is 25.2 Å². The lowest BCUT2D eigenvalue weighted by Gasteiger charge is -2.27. The summed E-state index contributed by atoms with van der Waals surface area (Å²) in [6, 6.07) is -0.994. The van der Waals surface area contributed by atoms with Crippen LogP contribution in [0.4, 0.5) is 0 Å². The summed E-state index contributed by atoms with van der Waals surface area (Å²) in [5.41, 5.74) is 0. The maximum Gasteiger partial charge on any atom is 0.249 e. The molecule has 0 aliphatic rings. The van der Waals surface area contributed by atoms with Crippen LogP contribution in [0.3, 0.4) is 0 Å². The van der Waals surface area contributed by atoms with E-state index in [0.717, 1.165) is 38.5 Å². The molecular formula is C40H79NO5. The predicted molar refractivity (Wildman–Crippen MR) is 196 cm³/mol. The maximum atomic E-state index is 12.4. The number of allylic oxidation sites excluding steroid dienone is 2. The molecule has 5 N–H and O–H groups in total. The van der Waals surface area contributed by atoms with Gasteiger partial charge in [0.1, 0.15) is 12.2 Å². The van der Waals surface area contributed by atoms with Crippen molar-refractivity contribution in [1.29, 1.82) is 0 Å². The van der Waals surface area contributed by atoms with Crippen LogP contribution in [0, 0.1) is 0 Å². The third kappa shape index (κ3) is 29.2. The Bertz CT molecular complexity index is 658. The zero-order valence-electron chi connectivity index (χ0n) is 30.6. The van der Waals surface area contributed by atoms with E-state index >= 15 is 0 Å². The molecule has 0 heterocycles. The van der Waals surface area contributed by atoms with E-state index in [1.165, 1.54) is 135 Å². The Kier molecular flexibility index (Phi) is 34.6. The number of rotatable bonds is 36. The molecule has 6 heteroatoms. The Labute approximate surface area is 285 Å². The first kappa shape index (κ1) is 45.0. The molecule has 274 valence electrons. The van der Waals surface area contributed by atoms with Gasteiger partial charge in [0, 0.05) is 0 Å². The summed E-state index contributed by atoms with van der Waals surface area (Å²) in [5.74, 6) is -0.595. The Morgan fingerprint density at radius 2 is 0.913 bits per heavy atom. The van der Waals surface area contributed by atoms with E-state index in [1.54, 1.807) is 0 Å². The van der Waals surface area contributed by atoms with Gasteiger partial charge in [0.2, 0.25) is 5.91 Å². The minimum absolute atomic E-state index is 0.367. The van der Waals surface area contributed by atoms with Crippen LogP contribution in [0.2, 0.25) is 0 Å². The Balaban J connectivity index is 3.58. The van der Waals surface area contributed by atoms with Crippen LogP contribution in [0.25, 0.3) is 0 Å².